The Balaban J connectivity index is 1.73. The highest BCUT2D eigenvalue weighted by atomic mass is 15.2. The summed E-state index contributed by atoms with van der Waals surface area (Å²) in [4.78, 5) is 6.61. The number of nitrogens with one attached hydrogen (secondary N) is 2. The molecule has 4 heteroatoms. The molecule has 0 heterocycles. The van der Waals surface area contributed by atoms with E-state index in [0.717, 1.165) is 25.6 Å². The standard InChI is InChI=1S/C20H28N4/c1-17(19-12-8-5-9-13-19)23-20(21-2)22-14-15-24(3)16-18-10-6-4-7-11-18/h4-13,17H,14-16H2,1-3H3,(H2,21,22,23). The summed E-state index contributed by atoms with van der Waals surface area (Å²) in [5.41, 5.74) is 2.59. The van der Waals surface area contributed by atoms with Crippen LogP contribution in [0.5, 0.6) is 0 Å². The maximum Gasteiger partial charge on any atom is 0.191 e. The Morgan fingerprint density at radius 3 is 2.29 bits per heavy atom. The SMILES string of the molecule is CN=C(NCCN(C)Cc1ccccc1)NC(C)c1ccccc1. The van der Waals surface area contributed by atoms with Gasteiger partial charge in [-0.25, -0.2) is 0 Å². The van der Waals surface area contributed by atoms with Gasteiger partial charge in [-0.15, -0.1) is 0 Å². The molecule has 0 fully saturated rings. The van der Waals surface area contributed by atoms with Crippen LogP contribution >= 0.6 is 0 Å². The molecule has 1 unspecified atom stereocenters. The van der Waals surface area contributed by atoms with Crippen molar-refractivity contribution in [2.24, 2.45) is 4.99 Å². The van der Waals surface area contributed by atoms with Crippen LogP contribution in [0, 0.1) is 0 Å². The lowest BCUT2D eigenvalue weighted by Gasteiger charge is -2.20. The Morgan fingerprint density at radius 2 is 1.67 bits per heavy atom. The highest BCUT2D eigenvalue weighted by molar-refractivity contribution is 5.80. The van der Waals surface area contributed by atoms with Gasteiger partial charge in [-0.2, -0.15) is 0 Å². The molecule has 0 amide bonds. The molecule has 0 saturated heterocycles. The monoisotopic (exact) mass is 324 g/mol. The van der Waals surface area contributed by atoms with Gasteiger partial charge >= 0.3 is 0 Å². The smallest absolute Gasteiger partial charge is 0.191 e. The van der Waals surface area contributed by atoms with Crippen molar-refractivity contribution in [3.8, 4) is 0 Å². The molecule has 0 aromatic heterocycles. The minimum atomic E-state index is 0.222. The molecule has 2 N–H and O–H groups in total. The summed E-state index contributed by atoms with van der Waals surface area (Å²) in [6.45, 7) is 4.90. The Morgan fingerprint density at radius 1 is 1.04 bits per heavy atom. The van der Waals surface area contributed by atoms with Crippen molar-refractivity contribution in [2.45, 2.75) is 19.5 Å². The van der Waals surface area contributed by atoms with E-state index in [-0.39, 0.29) is 6.04 Å². The van der Waals surface area contributed by atoms with E-state index >= 15 is 0 Å². The number of rotatable bonds is 7. The minimum absolute atomic E-state index is 0.222. The molecule has 1 atom stereocenters. The number of hydrogen-bond donors (Lipinski definition) is 2. The maximum absolute atomic E-state index is 4.31. The molecule has 0 aliphatic heterocycles. The average Bonchev–Trinajstić information content (AvgIpc) is 2.62. The molecule has 0 aliphatic carbocycles. The summed E-state index contributed by atoms with van der Waals surface area (Å²) < 4.78 is 0. The fourth-order valence-corrected chi connectivity index (χ4v) is 2.56. The number of aliphatic imine (C=N–C) groups is 1. The first-order valence-corrected chi connectivity index (χ1v) is 8.43. The third-order valence-electron chi connectivity index (χ3n) is 3.96. The van der Waals surface area contributed by atoms with Crippen LogP contribution in [-0.4, -0.2) is 38.0 Å². The Hall–Kier alpha value is -2.33. The zero-order chi connectivity index (χ0) is 17.2. The number of hydrogen-bond acceptors (Lipinski definition) is 2. The third kappa shape index (κ3) is 6.05. The van der Waals surface area contributed by atoms with Crippen LogP contribution in [0.25, 0.3) is 0 Å². The zero-order valence-corrected chi connectivity index (χ0v) is 14.9. The van der Waals surface area contributed by atoms with E-state index in [4.69, 9.17) is 0 Å². The Bertz CT molecular complexity index is 610. The van der Waals surface area contributed by atoms with Crippen LogP contribution in [-0.2, 0) is 6.54 Å². The predicted molar refractivity (Wildman–Crippen MR) is 102 cm³/mol. The van der Waals surface area contributed by atoms with Crippen LogP contribution in [0.1, 0.15) is 24.1 Å². The molecule has 0 bridgehead atoms. The summed E-state index contributed by atoms with van der Waals surface area (Å²) in [6, 6.07) is 21.1. The molecule has 2 rings (SSSR count). The maximum atomic E-state index is 4.31. The summed E-state index contributed by atoms with van der Waals surface area (Å²) in [5.74, 6) is 0.833. The van der Waals surface area contributed by atoms with Crippen molar-refractivity contribution in [1.29, 1.82) is 0 Å². The van der Waals surface area contributed by atoms with E-state index in [9.17, 15) is 0 Å². The van der Waals surface area contributed by atoms with Gasteiger partial charge in [-0.1, -0.05) is 60.7 Å². The van der Waals surface area contributed by atoms with E-state index in [1.54, 1.807) is 7.05 Å². The van der Waals surface area contributed by atoms with Crippen molar-refractivity contribution >= 4 is 5.96 Å². The fraction of sp³-hybridized carbons (Fsp3) is 0.350. The molecule has 0 saturated carbocycles. The minimum Gasteiger partial charge on any atom is -0.355 e. The van der Waals surface area contributed by atoms with Gasteiger partial charge in [0.05, 0.1) is 6.04 Å². The van der Waals surface area contributed by atoms with Gasteiger partial charge in [0.2, 0.25) is 0 Å². The fourth-order valence-electron chi connectivity index (χ4n) is 2.56. The first-order chi connectivity index (χ1) is 11.7. The lowest BCUT2D eigenvalue weighted by molar-refractivity contribution is 0.331. The molecular weight excluding hydrogens is 296 g/mol. The summed E-state index contributed by atoms with van der Waals surface area (Å²) >= 11 is 0. The second-order valence-electron chi connectivity index (χ2n) is 6.00. The predicted octanol–water partition coefficient (Wildman–Crippen LogP) is 3.04. The largest absolute Gasteiger partial charge is 0.355 e. The number of likely N-dealkylation sites (N-methyl/N-ethyl adjacent to an activating group) is 1. The lowest BCUT2D eigenvalue weighted by Crippen LogP contribution is -2.41. The van der Waals surface area contributed by atoms with Crippen LogP contribution in [0.15, 0.2) is 65.7 Å². The van der Waals surface area contributed by atoms with E-state index in [2.05, 4.69) is 89.1 Å². The first-order valence-electron chi connectivity index (χ1n) is 8.43. The normalized spacial score (nSPS) is 12.9. The van der Waals surface area contributed by atoms with E-state index in [1.807, 2.05) is 6.07 Å². The van der Waals surface area contributed by atoms with Crippen molar-refractivity contribution in [3.05, 3.63) is 71.8 Å². The second kappa shape index (κ2) is 9.73. The molecule has 0 radical (unpaired) electrons. The number of guanidine groups is 1. The first kappa shape index (κ1) is 18.0. The number of benzene rings is 2. The van der Waals surface area contributed by atoms with Crippen LogP contribution < -0.4 is 10.6 Å². The van der Waals surface area contributed by atoms with Gasteiger partial charge in [0.15, 0.2) is 5.96 Å². The average molecular weight is 324 g/mol. The number of nitrogens with zero attached hydrogens (tertiary/aromatic N) is 2. The lowest BCUT2D eigenvalue weighted by atomic mass is 10.1. The van der Waals surface area contributed by atoms with E-state index < -0.39 is 0 Å². The summed E-state index contributed by atoms with van der Waals surface area (Å²) in [5, 5.41) is 6.81. The molecule has 24 heavy (non-hydrogen) atoms. The molecular formula is C20H28N4. The van der Waals surface area contributed by atoms with Crippen LogP contribution in [0.4, 0.5) is 0 Å². The van der Waals surface area contributed by atoms with Gasteiger partial charge in [-0.3, -0.25) is 4.99 Å². The van der Waals surface area contributed by atoms with Gasteiger partial charge in [-0.05, 0) is 25.1 Å². The summed E-state index contributed by atoms with van der Waals surface area (Å²) in [7, 11) is 3.94. The molecule has 0 aliphatic rings. The van der Waals surface area contributed by atoms with Crippen molar-refractivity contribution < 1.29 is 0 Å². The van der Waals surface area contributed by atoms with Gasteiger partial charge in [0, 0.05) is 26.7 Å². The Labute approximate surface area is 145 Å². The van der Waals surface area contributed by atoms with Gasteiger partial charge in [0.25, 0.3) is 0 Å². The topological polar surface area (TPSA) is 39.7 Å². The molecule has 0 spiro atoms. The van der Waals surface area contributed by atoms with Gasteiger partial charge in [0.1, 0.15) is 0 Å². The molecule has 4 nitrogen and oxygen atoms in total. The molecule has 2 aromatic rings. The van der Waals surface area contributed by atoms with Crippen LogP contribution in [0.3, 0.4) is 0 Å². The van der Waals surface area contributed by atoms with Gasteiger partial charge < -0.3 is 15.5 Å². The van der Waals surface area contributed by atoms with Crippen molar-refractivity contribution in [3.63, 3.8) is 0 Å². The van der Waals surface area contributed by atoms with E-state index in [1.165, 1.54) is 11.1 Å². The Kier molecular flexibility index (Phi) is 7.30. The highest BCUT2D eigenvalue weighted by Crippen LogP contribution is 2.10. The van der Waals surface area contributed by atoms with E-state index in [0.29, 0.717) is 0 Å². The quantitative estimate of drug-likeness (QED) is 0.607. The molecule has 128 valence electrons. The van der Waals surface area contributed by atoms with Crippen molar-refractivity contribution in [1.82, 2.24) is 15.5 Å². The summed E-state index contributed by atoms with van der Waals surface area (Å²) in [6.07, 6.45) is 0. The zero-order valence-electron chi connectivity index (χ0n) is 14.9. The van der Waals surface area contributed by atoms with Crippen molar-refractivity contribution in [2.75, 3.05) is 27.2 Å². The second-order valence-corrected chi connectivity index (χ2v) is 6.00. The van der Waals surface area contributed by atoms with Crippen LogP contribution in [0.2, 0.25) is 0 Å². The molecule has 2 aromatic carbocycles. The highest BCUT2D eigenvalue weighted by Gasteiger charge is 2.07. The third-order valence-corrected chi connectivity index (χ3v) is 3.96.